The number of halogens is 2. The molecule has 1 aromatic carbocycles. The summed E-state index contributed by atoms with van der Waals surface area (Å²) in [6.45, 7) is 5.00. The summed E-state index contributed by atoms with van der Waals surface area (Å²) in [5, 5.41) is 3.61. The number of ether oxygens (including phenoxy) is 1. The first kappa shape index (κ1) is 25.2. The van der Waals surface area contributed by atoms with Crippen LogP contribution in [0.5, 0.6) is 0 Å². The van der Waals surface area contributed by atoms with Crippen molar-refractivity contribution < 1.29 is 23.9 Å². The molecule has 4 atom stereocenters. The molecular formula is C24H28Cl2N2O5. The summed E-state index contributed by atoms with van der Waals surface area (Å²) in [6, 6.07) is 3.46. The molecule has 3 amide bonds. The molecule has 2 aliphatic rings. The first-order valence-electron chi connectivity index (χ1n) is 11.0. The summed E-state index contributed by atoms with van der Waals surface area (Å²) < 4.78 is 5.25. The number of rotatable bonds is 8. The quantitative estimate of drug-likeness (QED) is 0.333. The van der Waals surface area contributed by atoms with E-state index in [0.29, 0.717) is 28.5 Å². The highest BCUT2D eigenvalue weighted by atomic mass is 35.5. The third-order valence-corrected chi connectivity index (χ3v) is 6.53. The maximum Gasteiger partial charge on any atom is 0.329 e. The van der Waals surface area contributed by atoms with E-state index in [1.807, 2.05) is 26.0 Å². The molecular weight excluding hydrogens is 467 g/mol. The third kappa shape index (κ3) is 5.76. The van der Waals surface area contributed by atoms with E-state index in [0.717, 1.165) is 4.90 Å². The number of likely N-dealkylation sites (tertiary alicyclic amines) is 1. The molecule has 1 aromatic rings. The smallest absolute Gasteiger partial charge is 0.329 e. The lowest BCUT2D eigenvalue weighted by atomic mass is 9.85. The second-order valence-electron chi connectivity index (χ2n) is 8.91. The maximum atomic E-state index is 12.9. The van der Waals surface area contributed by atoms with Crippen LogP contribution < -0.4 is 5.32 Å². The lowest BCUT2D eigenvalue weighted by Crippen LogP contribution is -2.47. The monoisotopic (exact) mass is 494 g/mol. The van der Waals surface area contributed by atoms with E-state index in [-0.39, 0.29) is 24.2 Å². The molecule has 1 N–H and O–H groups in total. The van der Waals surface area contributed by atoms with Crippen molar-refractivity contribution in [3.63, 3.8) is 0 Å². The fourth-order valence-corrected chi connectivity index (χ4v) is 4.91. The van der Waals surface area contributed by atoms with Crippen LogP contribution in [0, 0.1) is 17.8 Å². The minimum absolute atomic E-state index is 0.0322. The summed E-state index contributed by atoms with van der Waals surface area (Å²) in [4.78, 5) is 52.3. The second-order valence-corrected chi connectivity index (χ2v) is 9.75. The number of nitrogens with one attached hydrogen (secondary N) is 1. The zero-order valence-corrected chi connectivity index (χ0v) is 20.4. The highest BCUT2D eigenvalue weighted by molar-refractivity contribution is 6.35. The van der Waals surface area contributed by atoms with E-state index in [9.17, 15) is 19.2 Å². The van der Waals surface area contributed by atoms with Crippen LogP contribution in [0.2, 0.25) is 10.0 Å². The SMILES string of the molecule is CC(C)CC(C(=O)OCC(=O)NC(C)c1ccc(Cl)cc1Cl)N1C(=O)C2CC=CCC2C1=O. The number of fused-ring (bicyclic) bond motifs is 1. The number of amides is 3. The summed E-state index contributed by atoms with van der Waals surface area (Å²) in [5.74, 6) is -2.80. The van der Waals surface area contributed by atoms with Gasteiger partial charge in [-0.25, -0.2) is 4.79 Å². The predicted molar refractivity (Wildman–Crippen MR) is 124 cm³/mol. The van der Waals surface area contributed by atoms with E-state index in [1.165, 1.54) is 0 Å². The largest absolute Gasteiger partial charge is 0.454 e. The van der Waals surface area contributed by atoms with E-state index >= 15 is 0 Å². The predicted octanol–water partition coefficient (Wildman–Crippen LogP) is 4.08. The normalized spacial score (nSPS) is 21.7. The molecule has 7 nitrogen and oxygen atoms in total. The summed E-state index contributed by atoms with van der Waals surface area (Å²) >= 11 is 12.1. The minimum atomic E-state index is -1.05. The van der Waals surface area contributed by atoms with Crippen LogP contribution in [0.1, 0.15) is 51.6 Å². The molecule has 0 saturated carbocycles. The van der Waals surface area contributed by atoms with Crippen LogP contribution in [0.3, 0.4) is 0 Å². The zero-order valence-electron chi connectivity index (χ0n) is 18.8. The molecule has 9 heteroatoms. The van der Waals surface area contributed by atoms with E-state index in [4.69, 9.17) is 27.9 Å². The number of hydrogen-bond donors (Lipinski definition) is 1. The molecule has 1 aliphatic heterocycles. The highest BCUT2D eigenvalue weighted by Gasteiger charge is 2.51. The summed E-state index contributed by atoms with van der Waals surface area (Å²) in [6.07, 6.45) is 5.03. The van der Waals surface area contributed by atoms with Gasteiger partial charge in [-0.05, 0) is 49.8 Å². The number of carbonyl (C=O) groups excluding carboxylic acids is 4. The van der Waals surface area contributed by atoms with Gasteiger partial charge in [0.2, 0.25) is 11.8 Å². The van der Waals surface area contributed by atoms with Gasteiger partial charge in [0.05, 0.1) is 17.9 Å². The first-order valence-corrected chi connectivity index (χ1v) is 11.8. The van der Waals surface area contributed by atoms with Gasteiger partial charge in [0.15, 0.2) is 6.61 Å². The Morgan fingerprint density at radius 2 is 1.70 bits per heavy atom. The van der Waals surface area contributed by atoms with Crippen molar-refractivity contribution in [3.05, 3.63) is 46.0 Å². The molecule has 1 fully saturated rings. The number of esters is 1. The van der Waals surface area contributed by atoms with E-state index in [1.54, 1.807) is 25.1 Å². The van der Waals surface area contributed by atoms with Crippen molar-refractivity contribution in [1.82, 2.24) is 10.2 Å². The Balaban J connectivity index is 1.64. The first-order chi connectivity index (χ1) is 15.6. The highest BCUT2D eigenvalue weighted by Crippen LogP contribution is 2.37. The molecule has 33 heavy (non-hydrogen) atoms. The van der Waals surface area contributed by atoms with E-state index < -0.39 is 42.4 Å². The fourth-order valence-electron chi connectivity index (χ4n) is 4.33. The lowest BCUT2D eigenvalue weighted by molar-refractivity contribution is -0.161. The number of nitrogens with zero attached hydrogens (tertiary/aromatic N) is 1. The van der Waals surface area contributed by atoms with Crippen LogP contribution >= 0.6 is 23.2 Å². The second kappa shape index (κ2) is 10.7. The van der Waals surface area contributed by atoms with Crippen molar-refractivity contribution in [2.24, 2.45) is 17.8 Å². The summed E-state index contributed by atoms with van der Waals surface area (Å²) in [7, 11) is 0. The molecule has 3 rings (SSSR count). The number of hydrogen-bond acceptors (Lipinski definition) is 5. The van der Waals surface area contributed by atoms with Crippen LogP contribution in [-0.4, -0.2) is 41.2 Å². The van der Waals surface area contributed by atoms with Crippen molar-refractivity contribution in [3.8, 4) is 0 Å². The Bertz CT molecular complexity index is 952. The Morgan fingerprint density at radius 1 is 1.09 bits per heavy atom. The zero-order chi connectivity index (χ0) is 24.3. The molecule has 1 heterocycles. The number of imide groups is 1. The van der Waals surface area contributed by atoms with Gasteiger partial charge >= 0.3 is 5.97 Å². The Hall–Kier alpha value is -2.38. The maximum absolute atomic E-state index is 12.9. The van der Waals surface area contributed by atoms with Crippen molar-refractivity contribution in [1.29, 1.82) is 0 Å². The molecule has 0 aromatic heterocycles. The molecule has 1 aliphatic carbocycles. The van der Waals surface area contributed by atoms with Gasteiger partial charge in [0, 0.05) is 10.0 Å². The lowest BCUT2D eigenvalue weighted by Gasteiger charge is -2.26. The van der Waals surface area contributed by atoms with Gasteiger partial charge in [-0.3, -0.25) is 19.3 Å². The molecule has 178 valence electrons. The standard InChI is InChI=1S/C24H28Cl2N2O5/c1-13(2)10-20(28-22(30)17-6-4-5-7-18(17)23(28)31)24(32)33-12-21(29)27-14(3)16-9-8-15(25)11-19(16)26/h4-5,8-9,11,13-14,17-18,20H,6-7,10,12H2,1-3H3,(H,27,29). The topological polar surface area (TPSA) is 92.8 Å². The average molecular weight is 495 g/mol. The van der Waals surface area contributed by atoms with Crippen molar-refractivity contribution in [2.75, 3.05) is 6.61 Å². The Kier molecular flexibility index (Phi) is 8.19. The fraction of sp³-hybridized carbons (Fsp3) is 0.500. The molecule has 0 radical (unpaired) electrons. The molecule has 0 spiro atoms. The van der Waals surface area contributed by atoms with Gasteiger partial charge in [-0.1, -0.05) is 55.3 Å². The Labute approximate surface area is 203 Å². The molecule has 0 bridgehead atoms. The summed E-state index contributed by atoms with van der Waals surface area (Å²) in [5.41, 5.74) is 0.669. The Morgan fingerprint density at radius 3 is 2.24 bits per heavy atom. The number of benzene rings is 1. The van der Waals surface area contributed by atoms with Crippen molar-refractivity contribution in [2.45, 2.75) is 52.1 Å². The van der Waals surface area contributed by atoms with Gasteiger partial charge in [0.25, 0.3) is 5.91 Å². The number of carbonyl (C=O) groups is 4. The minimum Gasteiger partial charge on any atom is -0.454 e. The van der Waals surface area contributed by atoms with Crippen LogP contribution in [0.4, 0.5) is 0 Å². The average Bonchev–Trinajstić information content (AvgIpc) is 3.00. The van der Waals surface area contributed by atoms with Gasteiger partial charge in [0.1, 0.15) is 6.04 Å². The van der Waals surface area contributed by atoms with Crippen LogP contribution in [0.15, 0.2) is 30.4 Å². The third-order valence-electron chi connectivity index (χ3n) is 5.97. The molecule has 4 unspecified atom stereocenters. The van der Waals surface area contributed by atoms with Crippen LogP contribution in [0.25, 0.3) is 0 Å². The van der Waals surface area contributed by atoms with Gasteiger partial charge in [-0.2, -0.15) is 0 Å². The van der Waals surface area contributed by atoms with Crippen molar-refractivity contribution >= 4 is 46.9 Å². The molecule has 1 saturated heterocycles. The van der Waals surface area contributed by atoms with Crippen LogP contribution in [-0.2, 0) is 23.9 Å². The van der Waals surface area contributed by atoms with Gasteiger partial charge < -0.3 is 10.1 Å². The van der Waals surface area contributed by atoms with E-state index in [2.05, 4.69) is 5.32 Å². The number of allylic oxidation sites excluding steroid dienone is 2. The van der Waals surface area contributed by atoms with Gasteiger partial charge in [-0.15, -0.1) is 0 Å².